The number of rotatable bonds is 8. The van der Waals surface area contributed by atoms with Crippen molar-refractivity contribution < 1.29 is 14.3 Å². The van der Waals surface area contributed by atoms with E-state index in [1.54, 1.807) is 30.6 Å². The third-order valence-electron chi connectivity index (χ3n) is 7.79. The molecule has 9 nitrogen and oxygen atoms in total. The van der Waals surface area contributed by atoms with Gasteiger partial charge in [0.05, 0.1) is 43.1 Å². The van der Waals surface area contributed by atoms with Crippen molar-refractivity contribution in [1.29, 1.82) is 0 Å². The predicted octanol–water partition coefficient (Wildman–Crippen LogP) is 7.98. The van der Waals surface area contributed by atoms with Crippen LogP contribution in [0.25, 0.3) is 21.8 Å². The van der Waals surface area contributed by atoms with Crippen LogP contribution in [0.15, 0.2) is 91.4 Å². The minimum atomic E-state index is -0.301. The molecule has 9 heteroatoms. The lowest BCUT2D eigenvalue weighted by atomic mass is 9.86. The van der Waals surface area contributed by atoms with Gasteiger partial charge in [0.25, 0.3) is 0 Å². The zero-order valence-corrected chi connectivity index (χ0v) is 25.6. The highest BCUT2D eigenvalue weighted by atomic mass is 16.5. The molecule has 2 N–H and O–H groups in total. The van der Waals surface area contributed by atoms with Crippen molar-refractivity contribution in [1.82, 2.24) is 19.7 Å². The fraction of sp³-hybridized carbons (Fsp3) is 0.229. The Balaban J connectivity index is 1.26. The van der Waals surface area contributed by atoms with Crippen molar-refractivity contribution in [3.8, 4) is 11.5 Å². The monoisotopic (exact) mass is 588 g/mol. The van der Waals surface area contributed by atoms with Crippen molar-refractivity contribution in [2.75, 3.05) is 23.9 Å². The second kappa shape index (κ2) is 11.8. The molecule has 0 aliphatic carbocycles. The van der Waals surface area contributed by atoms with Crippen LogP contribution in [0.5, 0.6) is 11.5 Å². The number of H-pyrrole nitrogens is 1. The van der Waals surface area contributed by atoms with Crippen LogP contribution in [-0.2, 0) is 12.0 Å². The summed E-state index contributed by atoms with van der Waals surface area (Å²) in [6.07, 6.45) is 3.45. The molecule has 6 rings (SSSR count). The van der Waals surface area contributed by atoms with Crippen LogP contribution in [-0.4, -0.2) is 39.5 Å². The van der Waals surface area contributed by atoms with Crippen LogP contribution < -0.4 is 19.7 Å². The average Bonchev–Trinajstić information content (AvgIpc) is 3.69. The Kier molecular flexibility index (Phi) is 7.69. The molecule has 4 aromatic carbocycles. The summed E-state index contributed by atoms with van der Waals surface area (Å²) in [5, 5.41) is 12.0. The number of urea groups is 1. The molecule has 0 fully saturated rings. The molecular weight excluding hydrogens is 552 g/mol. The van der Waals surface area contributed by atoms with E-state index in [0.29, 0.717) is 24.7 Å². The number of hydrogen-bond acceptors (Lipinski definition) is 5. The lowest BCUT2D eigenvalue weighted by Gasteiger charge is -2.27. The molecule has 0 bridgehead atoms. The standard InChI is InChI=1S/C35H36N6O3/c1-23-13-14-24(35(2,3)4)21-29(23)41(32-17-18-37-39-32)34(42)38-27-15-16-30(26-10-7-6-9-25(26)27)44-20-19-40-22-36-33-28(40)11-8-12-31(33)43-5/h6-18,21-22H,19-20H2,1-5H3,(H,37,39)(H,38,42). The number of hydrogen-bond donors (Lipinski definition) is 2. The Hall–Kier alpha value is -5.31. The van der Waals surface area contributed by atoms with Crippen molar-refractivity contribution in [3.63, 3.8) is 0 Å². The van der Waals surface area contributed by atoms with Crippen LogP contribution in [0.4, 0.5) is 22.0 Å². The number of carbonyl (C=O) groups is 1. The lowest BCUT2D eigenvalue weighted by molar-refractivity contribution is 0.259. The average molecular weight is 589 g/mol. The van der Waals surface area contributed by atoms with E-state index in [0.717, 1.165) is 50.1 Å². The molecule has 0 spiro atoms. The summed E-state index contributed by atoms with van der Waals surface area (Å²) in [5.41, 5.74) is 5.30. The van der Waals surface area contributed by atoms with Gasteiger partial charge in [-0.25, -0.2) is 14.7 Å². The van der Waals surface area contributed by atoms with E-state index in [4.69, 9.17) is 9.47 Å². The number of benzene rings is 4. The summed E-state index contributed by atoms with van der Waals surface area (Å²) >= 11 is 0. The zero-order chi connectivity index (χ0) is 30.8. The molecule has 2 aromatic heterocycles. The van der Waals surface area contributed by atoms with E-state index < -0.39 is 0 Å². The maximum Gasteiger partial charge on any atom is 0.332 e. The van der Waals surface area contributed by atoms with Gasteiger partial charge in [-0.1, -0.05) is 63.2 Å². The van der Waals surface area contributed by atoms with Crippen molar-refractivity contribution in [2.24, 2.45) is 0 Å². The fourth-order valence-electron chi connectivity index (χ4n) is 5.37. The SMILES string of the molecule is COc1cccc2c1ncn2CCOc1ccc(NC(=O)N(c2ccn[nH]2)c2cc(C(C)(C)C)ccc2C)c2ccccc12. The first-order chi connectivity index (χ1) is 21.2. The number of amides is 2. The number of aryl methyl sites for hydroxylation is 1. The second-order valence-electron chi connectivity index (χ2n) is 11.7. The highest BCUT2D eigenvalue weighted by Crippen LogP contribution is 2.35. The van der Waals surface area contributed by atoms with E-state index >= 15 is 0 Å². The Bertz CT molecular complexity index is 1940. The van der Waals surface area contributed by atoms with Crippen LogP contribution in [0.1, 0.15) is 31.9 Å². The van der Waals surface area contributed by atoms with Gasteiger partial charge < -0.3 is 19.4 Å². The quantitative estimate of drug-likeness (QED) is 0.188. The number of carbonyl (C=O) groups excluding carboxylic acids is 1. The van der Waals surface area contributed by atoms with E-state index in [-0.39, 0.29) is 11.4 Å². The van der Waals surface area contributed by atoms with Crippen molar-refractivity contribution in [2.45, 2.75) is 39.7 Å². The molecule has 44 heavy (non-hydrogen) atoms. The Labute approximate surface area is 256 Å². The number of aromatic nitrogens is 4. The zero-order valence-electron chi connectivity index (χ0n) is 25.6. The molecule has 0 aliphatic rings. The highest BCUT2D eigenvalue weighted by molar-refractivity contribution is 6.11. The predicted molar refractivity (Wildman–Crippen MR) is 175 cm³/mol. The third kappa shape index (κ3) is 5.56. The van der Waals surface area contributed by atoms with Crippen molar-refractivity contribution >= 4 is 45.0 Å². The minimum absolute atomic E-state index is 0.0809. The van der Waals surface area contributed by atoms with Gasteiger partial charge in [-0.05, 0) is 53.8 Å². The van der Waals surface area contributed by atoms with Gasteiger partial charge >= 0.3 is 6.03 Å². The third-order valence-corrected chi connectivity index (χ3v) is 7.79. The van der Waals surface area contributed by atoms with Crippen LogP contribution >= 0.6 is 0 Å². The minimum Gasteiger partial charge on any atom is -0.494 e. The first-order valence-corrected chi connectivity index (χ1v) is 14.6. The molecule has 0 radical (unpaired) electrons. The first-order valence-electron chi connectivity index (χ1n) is 14.6. The lowest BCUT2D eigenvalue weighted by Crippen LogP contribution is -2.32. The number of para-hydroxylation sites is 1. The fourth-order valence-corrected chi connectivity index (χ4v) is 5.37. The maximum atomic E-state index is 14.0. The molecule has 0 unspecified atom stereocenters. The van der Waals surface area contributed by atoms with E-state index in [2.05, 4.69) is 64.0 Å². The summed E-state index contributed by atoms with van der Waals surface area (Å²) in [6, 6.07) is 25.3. The van der Waals surface area contributed by atoms with Gasteiger partial charge in [-0.2, -0.15) is 5.10 Å². The molecule has 0 saturated heterocycles. The van der Waals surface area contributed by atoms with Crippen LogP contribution in [0.2, 0.25) is 0 Å². The number of imidazole rings is 1. The van der Waals surface area contributed by atoms with Crippen LogP contribution in [0, 0.1) is 6.92 Å². The van der Waals surface area contributed by atoms with Crippen LogP contribution in [0.3, 0.4) is 0 Å². The van der Waals surface area contributed by atoms with E-state index in [9.17, 15) is 4.79 Å². The number of methoxy groups -OCH3 is 1. The largest absolute Gasteiger partial charge is 0.494 e. The van der Waals surface area contributed by atoms with E-state index in [1.807, 2.05) is 61.5 Å². The molecule has 2 heterocycles. The smallest absolute Gasteiger partial charge is 0.332 e. The highest BCUT2D eigenvalue weighted by Gasteiger charge is 2.24. The van der Waals surface area contributed by atoms with Gasteiger partial charge in [0.1, 0.15) is 29.4 Å². The summed E-state index contributed by atoms with van der Waals surface area (Å²) in [7, 11) is 1.65. The maximum absolute atomic E-state index is 14.0. The molecule has 6 aromatic rings. The summed E-state index contributed by atoms with van der Waals surface area (Å²) < 4.78 is 13.8. The molecule has 0 aliphatic heterocycles. The van der Waals surface area contributed by atoms with Gasteiger partial charge in [-0.3, -0.25) is 5.10 Å². The van der Waals surface area contributed by atoms with Gasteiger partial charge in [0.15, 0.2) is 0 Å². The Morgan fingerprint density at radius 3 is 2.55 bits per heavy atom. The topological polar surface area (TPSA) is 97.3 Å². The second-order valence-corrected chi connectivity index (χ2v) is 11.7. The molecule has 0 saturated carbocycles. The van der Waals surface area contributed by atoms with Gasteiger partial charge in [0.2, 0.25) is 0 Å². The molecular formula is C35H36N6O3. The molecule has 0 atom stereocenters. The Morgan fingerprint density at radius 1 is 0.977 bits per heavy atom. The summed E-state index contributed by atoms with van der Waals surface area (Å²) in [6.45, 7) is 9.53. The number of ether oxygens (including phenoxy) is 2. The number of anilines is 3. The normalized spacial score (nSPS) is 11.6. The summed E-state index contributed by atoms with van der Waals surface area (Å²) in [4.78, 5) is 20.2. The number of aromatic amines is 1. The number of nitrogens with zero attached hydrogens (tertiary/aromatic N) is 4. The van der Waals surface area contributed by atoms with Gasteiger partial charge in [-0.15, -0.1) is 0 Å². The summed E-state index contributed by atoms with van der Waals surface area (Å²) in [5.74, 6) is 2.05. The Morgan fingerprint density at radius 2 is 1.80 bits per heavy atom. The van der Waals surface area contributed by atoms with E-state index in [1.165, 1.54) is 0 Å². The molecule has 224 valence electrons. The first kappa shape index (κ1) is 28.8. The van der Waals surface area contributed by atoms with Gasteiger partial charge in [0, 0.05) is 16.8 Å². The van der Waals surface area contributed by atoms with Crippen molar-refractivity contribution in [3.05, 3.63) is 103 Å². The molecule has 2 amide bonds. The number of fused-ring (bicyclic) bond motifs is 2. The number of nitrogens with one attached hydrogen (secondary N) is 2.